The lowest BCUT2D eigenvalue weighted by atomic mass is 10.2. The maximum atomic E-state index is 11.8. The van der Waals surface area contributed by atoms with E-state index in [1.807, 2.05) is 13.0 Å². The summed E-state index contributed by atoms with van der Waals surface area (Å²) in [5.41, 5.74) is 7.10. The lowest BCUT2D eigenvalue weighted by molar-refractivity contribution is -0.125. The molecule has 5 nitrogen and oxygen atoms in total. The van der Waals surface area contributed by atoms with Crippen molar-refractivity contribution in [3.05, 3.63) is 18.2 Å². The van der Waals surface area contributed by atoms with Gasteiger partial charge in [-0.25, -0.2) is 0 Å². The molecule has 0 radical (unpaired) electrons. The van der Waals surface area contributed by atoms with Gasteiger partial charge in [0.1, 0.15) is 12.4 Å². The second kappa shape index (κ2) is 5.05. The highest BCUT2D eigenvalue weighted by Crippen LogP contribution is 2.31. The van der Waals surface area contributed by atoms with Crippen LogP contribution < -0.4 is 15.4 Å². The Balaban J connectivity index is 2.32. The number of rotatable bonds is 3. The normalized spacial score (nSPS) is 16.1. The lowest BCUT2D eigenvalue weighted by Crippen LogP contribution is -2.41. The monoisotopic (exact) mass is 236 g/mol. The average Bonchev–Trinajstić information content (AvgIpc) is 2.31. The molecular weight excluding hydrogens is 220 g/mol. The third-order valence-corrected chi connectivity index (χ3v) is 2.56. The predicted molar refractivity (Wildman–Crippen MR) is 65.2 cm³/mol. The van der Waals surface area contributed by atoms with Crippen LogP contribution in [0, 0.1) is 0 Å². The minimum atomic E-state index is -0.0537. The molecule has 0 saturated carbocycles. The number of amides is 1. The van der Waals surface area contributed by atoms with Gasteiger partial charge in [0.2, 0.25) is 0 Å². The summed E-state index contributed by atoms with van der Waals surface area (Å²) in [7, 11) is 0. The van der Waals surface area contributed by atoms with Crippen LogP contribution in [0.5, 0.6) is 5.75 Å². The van der Waals surface area contributed by atoms with Crippen LogP contribution in [-0.4, -0.2) is 32.3 Å². The Morgan fingerprint density at radius 3 is 3.06 bits per heavy atom. The van der Waals surface area contributed by atoms with Crippen LogP contribution in [0.1, 0.15) is 6.92 Å². The van der Waals surface area contributed by atoms with Gasteiger partial charge in [-0.2, -0.15) is 0 Å². The van der Waals surface area contributed by atoms with Crippen LogP contribution >= 0.6 is 0 Å². The molecule has 0 spiro atoms. The lowest BCUT2D eigenvalue weighted by Gasteiger charge is -2.28. The summed E-state index contributed by atoms with van der Waals surface area (Å²) in [6.45, 7) is 3.64. The first-order chi connectivity index (χ1) is 8.22. The second-order valence-electron chi connectivity index (χ2n) is 3.76. The molecule has 1 aliphatic heterocycles. The number of hydrogen-bond acceptors (Lipinski definition) is 4. The van der Waals surface area contributed by atoms with Crippen molar-refractivity contribution in [1.29, 1.82) is 0 Å². The zero-order valence-electron chi connectivity index (χ0n) is 9.81. The van der Waals surface area contributed by atoms with Gasteiger partial charge in [-0.1, -0.05) is 0 Å². The summed E-state index contributed by atoms with van der Waals surface area (Å²) >= 11 is 0. The van der Waals surface area contributed by atoms with E-state index in [2.05, 4.69) is 0 Å². The fraction of sp³-hybridized carbons (Fsp3) is 0.417. The van der Waals surface area contributed by atoms with Crippen molar-refractivity contribution in [1.82, 2.24) is 0 Å². The molecular formula is C12H16N2O3. The third-order valence-electron chi connectivity index (χ3n) is 2.56. The van der Waals surface area contributed by atoms with Crippen LogP contribution in [0.4, 0.5) is 11.4 Å². The van der Waals surface area contributed by atoms with Crippen molar-refractivity contribution in [3.8, 4) is 5.75 Å². The zero-order valence-corrected chi connectivity index (χ0v) is 9.81. The van der Waals surface area contributed by atoms with Crippen molar-refractivity contribution in [2.45, 2.75) is 6.92 Å². The highest BCUT2D eigenvalue weighted by Gasteiger charge is 2.23. The molecule has 0 aliphatic carbocycles. The largest absolute Gasteiger partial charge is 0.492 e. The van der Waals surface area contributed by atoms with Gasteiger partial charge >= 0.3 is 0 Å². The Bertz CT molecular complexity index is 420. The molecule has 0 unspecified atom stereocenters. The summed E-state index contributed by atoms with van der Waals surface area (Å²) in [4.78, 5) is 13.4. The maximum Gasteiger partial charge on any atom is 0.253 e. The Kier molecular flexibility index (Phi) is 3.49. The molecule has 1 aromatic carbocycles. The molecule has 1 aromatic rings. The smallest absolute Gasteiger partial charge is 0.253 e. The molecule has 1 saturated heterocycles. The summed E-state index contributed by atoms with van der Waals surface area (Å²) in [6, 6.07) is 5.31. The van der Waals surface area contributed by atoms with E-state index in [9.17, 15) is 4.79 Å². The molecule has 0 bridgehead atoms. The molecule has 1 amide bonds. The van der Waals surface area contributed by atoms with Crippen LogP contribution in [0.3, 0.4) is 0 Å². The molecule has 0 aromatic heterocycles. The van der Waals surface area contributed by atoms with E-state index in [1.54, 1.807) is 17.0 Å². The van der Waals surface area contributed by atoms with Gasteiger partial charge in [0.05, 0.1) is 18.9 Å². The Morgan fingerprint density at radius 2 is 2.35 bits per heavy atom. The molecule has 5 heteroatoms. The van der Waals surface area contributed by atoms with Crippen LogP contribution in [0.25, 0.3) is 0 Å². The Morgan fingerprint density at radius 1 is 1.53 bits per heavy atom. The van der Waals surface area contributed by atoms with Crippen LogP contribution in [0.2, 0.25) is 0 Å². The summed E-state index contributed by atoms with van der Waals surface area (Å²) in [6.07, 6.45) is 0. The van der Waals surface area contributed by atoms with Gasteiger partial charge in [-0.3, -0.25) is 4.79 Å². The fourth-order valence-electron chi connectivity index (χ4n) is 1.80. The molecule has 92 valence electrons. The van der Waals surface area contributed by atoms with Gasteiger partial charge in [0.15, 0.2) is 0 Å². The summed E-state index contributed by atoms with van der Waals surface area (Å²) in [5.74, 6) is 0.588. The highest BCUT2D eigenvalue weighted by atomic mass is 16.5. The van der Waals surface area contributed by atoms with Gasteiger partial charge < -0.3 is 20.1 Å². The molecule has 2 rings (SSSR count). The summed E-state index contributed by atoms with van der Waals surface area (Å²) < 4.78 is 10.6. The highest BCUT2D eigenvalue weighted by molar-refractivity contribution is 5.96. The van der Waals surface area contributed by atoms with Crippen molar-refractivity contribution in [2.24, 2.45) is 0 Å². The minimum Gasteiger partial charge on any atom is -0.492 e. The molecule has 2 N–H and O–H groups in total. The number of benzene rings is 1. The van der Waals surface area contributed by atoms with Gasteiger partial charge in [0, 0.05) is 18.3 Å². The third kappa shape index (κ3) is 2.50. The van der Waals surface area contributed by atoms with E-state index in [4.69, 9.17) is 15.2 Å². The number of morpholine rings is 1. The van der Waals surface area contributed by atoms with E-state index in [0.29, 0.717) is 31.2 Å². The van der Waals surface area contributed by atoms with E-state index in [-0.39, 0.29) is 12.5 Å². The molecule has 17 heavy (non-hydrogen) atoms. The first-order valence-corrected chi connectivity index (χ1v) is 5.63. The summed E-state index contributed by atoms with van der Waals surface area (Å²) in [5, 5.41) is 0. The van der Waals surface area contributed by atoms with Crippen molar-refractivity contribution in [2.75, 3.05) is 37.0 Å². The molecule has 0 atom stereocenters. The Labute approximate surface area is 100 Å². The second-order valence-corrected chi connectivity index (χ2v) is 3.76. The van der Waals surface area contributed by atoms with Crippen molar-refractivity contribution >= 4 is 17.3 Å². The Hall–Kier alpha value is -1.75. The predicted octanol–water partition coefficient (Wildman–Crippen LogP) is 1.03. The van der Waals surface area contributed by atoms with Gasteiger partial charge in [-0.05, 0) is 19.1 Å². The molecule has 1 aliphatic rings. The van der Waals surface area contributed by atoms with E-state index < -0.39 is 0 Å². The minimum absolute atomic E-state index is 0.0537. The van der Waals surface area contributed by atoms with Crippen molar-refractivity contribution < 1.29 is 14.3 Å². The quantitative estimate of drug-likeness (QED) is 0.796. The fourth-order valence-corrected chi connectivity index (χ4v) is 1.80. The van der Waals surface area contributed by atoms with Crippen LogP contribution in [0.15, 0.2) is 18.2 Å². The van der Waals surface area contributed by atoms with Gasteiger partial charge in [0.25, 0.3) is 5.91 Å². The first-order valence-electron chi connectivity index (χ1n) is 5.63. The number of ether oxygens (including phenoxy) is 2. The number of anilines is 2. The number of carbonyl (C=O) groups is 1. The zero-order chi connectivity index (χ0) is 12.3. The number of carbonyl (C=O) groups excluding carboxylic acids is 1. The van der Waals surface area contributed by atoms with E-state index >= 15 is 0 Å². The average molecular weight is 236 g/mol. The van der Waals surface area contributed by atoms with E-state index in [0.717, 1.165) is 5.69 Å². The molecule has 1 heterocycles. The standard InChI is InChI=1S/C12H16N2O3/c1-2-17-11-7-9(13)3-4-10(11)14-5-6-16-8-12(14)15/h3-4,7H,2,5-6,8,13H2,1H3. The number of nitrogen functional groups attached to an aromatic ring is 1. The SMILES string of the molecule is CCOc1cc(N)ccc1N1CCOCC1=O. The molecule has 1 fully saturated rings. The van der Waals surface area contributed by atoms with Gasteiger partial charge in [-0.15, -0.1) is 0 Å². The number of hydrogen-bond donors (Lipinski definition) is 1. The first kappa shape index (κ1) is 11.7. The maximum absolute atomic E-state index is 11.8. The number of nitrogens with two attached hydrogens (primary N) is 1. The topological polar surface area (TPSA) is 64.8 Å². The number of nitrogens with zero attached hydrogens (tertiary/aromatic N) is 1. The van der Waals surface area contributed by atoms with Crippen molar-refractivity contribution in [3.63, 3.8) is 0 Å². The van der Waals surface area contributed by atoms with E-state index in [1.165, 1.54) is 0 Å². The van der Waals surface area contributed by atoms with Crippen LogP contribution in [-0.2, 0) is 9.53 Å².